The third-order valence-corrected chi connectivity index (χ3v) is 1.91. The van der Waals surface area contributed by atoms with E-state index in [0.717, 1.165) is 0 Å². The molecule has 1 aromatic heterocycles. The molecule has 0 amide bonds. The average molecular weight is 185 g/mol. The Bertz CT molecular complexity index is 336. The van der Waals surface area contributed by atoms with Gasteiger partial charge in [-0.1, -0.05) is 11.6 Å². The molecule has 0 saturated carbocycles. The number of nitrogens with zero attached hydrogens (tertiary/aromatic N) is 1. The van der Waals surface area contributed by atoms with Gasteiger partial charge in [0.1, 0.15) is 10.9 Å². The summed E-state index contributed by atoms with van der Waals surface area (Å²) in [5, 5.41) is 16.4. The fourth-order valence-electron chi connectivity index (χ4n) is 1.04. The van der Waals surface area contributed by atoms with Crippen molar-refractivity contribution in [2.45, 2.75) is 13.8 Å². The van der Waals surface area contributed by atoms with Gasteiger partial charge in [-0.25, -0.2) is 0 Å². The number of aromatic hydroxyl groups is 1. The number of halogens is 1. The number of aryl methyl sites for hydroxylation is 1. The van der Waals surface area contributed by atoms with Crippen LogP contribution in [-0.2, 0) is 0 Å². The van der Waals surface area contributed by atoms with Crippen LogP contribution in [0.2, 0.25) is 0 Å². The lowest BCUT2D eigenvalue weighted by Gasteiger charge is -2.06. The molecule has 1 aromatic rings. The van der Waals surface area contributed by atoms with Gasteiger partial charge in [-0.3, -0.25) is 10.4 Å². The van der Waals surface area contributed by atoms with Gasteiger partial charge in [0.15, 0.2) is 0 Å². The molecule has 64 valence electrons. The second-order valence-electron chi connectivity index (χ2n) is 2.54. The maximum atomic E-state index is 9.26. The van der Waals surface area contributed by atoms with E-state index in [1.54, 1.807) is 13.8 Å². The lowest BCUT2D eigenvalue weighted by molar-refractivity contribution is 0.468. The Hall–Kier alpha value is -1.09. The van der Waals surface area contributed by atoms with E-state index in [1.165, 1.54) is 6.20 Å². The predicted octanol–water partition coefficient (Wildman–Crippen LogP) is 1.97. The molecule has 0 aliphatic rings. The molecule has 4 heteroatoms. The highest BCUT2D eigenvalue weighted by molar-refractivity contribution is 6.69. The first-order chi connectivity index (χ1) is 5.54. The minimum absolute atomic E-state index is 0.0704. The maximum Gasteiger partial charge on any atom is 0.137 e. The molecule has 2 N–H and O–H groups in total. The van der Waals surface area contributed by atoms with Crippen LogP contribution in [0.5, 0.6) is 5.75 Å². The van der Waals surface area contributed by atoms with Crippen LogP contribution in [0.1, 0.15) is 16.8 Å². The van der Waals surface area contributed by atoms with Crippen LogP contribution in [-0.4, -0.2) is 15.3 Å². The highest BCUT2D eigenvalue weighted by Gasteiger charge is 2.10. The van der Waals surface area contributed by atoms with Crippen LogP contribution in [0.15, 0.2) is 6.20 Å². The molecule has 0 aliphatic carbocycles. The minimum Gasteiger partial charge on any atom is -0.506 e. The fraction of sp³-hybridized carbons (Fsp3) is 0.250. The van der Waals surface area contributed by atoms with Crippen LogP contribution in [0.3, 0.4) is 0 Å². The quantitative estimate of drug-likeness (QED) is 0.656. The first-order valence-electron chi connectivity index (χ1n) is 3.43. The molecule has 0 spiro atoms. The van der Waals surface area contributed by atoms with E-state index in [1.807, 2.05) is 0 Å². The zero-order valence-electron chi connectivity index (χ0n) is 6.85. The molecule has 1 rings (SSSR count). The third-order valence-electron chi connectivity index (χ3n) is 1.72. The first kappa shape index (κ1) is 9.00. The van der Waals surface area contributed by atoms with Crippen LogP contribution in [0.25, 0.3) is 0 Å². The smallest absolute Gasteiger partial charge is 0.137 e. The zero-order valence-corrected chi connectivity index (χ0v) is 7.61. The molecule has 0 bridgehead atoms. The van der Waals surface area contributed by atoms with Crippen LogP contribution < -0.4 is 0 Å². The molecule has 0 fully saturated rings. The summed E-state index contributed by atoms with van der Waals surface area (Å²) in [6, 6.07) is 0. The number of hydrogen-bond acceptors (Lipinski definition) is 3. The molecule has 0 radical (unpaired) electrons. The lowest BCUT2D eigenvalue weighted by Crippen LogP contribution is -1.99. The third kappa shape index (κ3) is 1.41. The molecule has 0 saturated heterocycles. The standard InChI is InChI=1S/C8H9ClN2O/c1-4-6(12)3-11-5(2)7(4)8(9)10/h3,10,12H,1-2H3. The average Bonchev–Trinajstić information content (AvgIpc) is 1.97. The summed E-state index contributed by atoms with van der Waals surface area (Å²) in [5.41, 5.74) is 1.77. The van der Waals surface area contributed by atoms with Crippen molar-refractivity contribution in [2.24, 2.45) is 0 Å². The van der Waals surface area contributed by atoms with Crippen molar-refractivity contribution in [2.75, 3.05) is 0 Å². The van der Waals surface area contributed by atoms with E-state index < -0.39 is 0 Å². The molecule has 1 heterocycles. The van der Waals surface area contributed by atoms with Crippen molar-refractivity contribution in [1.82, 2.24) is 4.98 Å². The minimum atomic E-state index is -0.0894. The van der Waals surface area contributed by atoms with Gasteiger partial charge in [0.25, 0.3) is 0 Å². The number of nitrogens with one attached hydrogen (secondary N) is 1. The maximum absolute atomic E-state index is 9.26. The highest BCUT2D eigenvalue weighted by atomic mass is 35.5. The number of rotatable bonds is 1. The van der Waals surface area contributed by atoms with Gasteiger partial charge in [-0.05, 0) is 13.8 Å². The van der Waals surface area contributed by atoms with Crippen molar-refractivity contribution in [1.29, 1.82) is 5.41 Å². The first-order valence-corrected chi connectivity index (χ1v) is 3.81. The Morgan fingerprint density at radius 3 is 2.58 bits per heavy atom. The van der Waals surface area contributed by atoms with E-state index in [-0.39, 0.29) is 10.9 Å². The molecular weight excluding hydrogens is 176 g/mol. The highest BCUT2D eigenvalue weighted by Crippen LogP contribution is 2.22. The number of aromatic nitrogens is 1. The summed E-state index contributed by atoms with van der Waals surface area (Å²) in [4.78, 5) is 3.89. The lowest BCUT2D eigenvalue weighted by atomic mass is 10.1. The summed E-state index contributed by atoms with van der Waals surface area (Å²) >= 11 is 5.52. The topological polar surface area (TPSA) is 57.0 Å². The van der Waals surface area contributed by atoms with E-state index in [4.69, 9.17) is 17.0 Å². The summed E-state index contributed by atoms with van der Waals surface area (Å²) in [6.07, 6.45) is 1.36. The monoisotopic (exact) mass is 184 g/mol. The van der Waals surface area contributed by atoms with Gasteiger partial charge >= 0.3 is 0 Å². The Labute approximate surface area is 75.5 Å². The summed E-state index contributed by atoms with van der Waals surface area (Å²) in [5.74, 6) is 0.0704. The van der Waals surface area contributed by atoms with Gasteiger partial charge in [0, 0.05) is 16.8 Å². The van der Waals surface area contributed by atoms with Crippen molar-refractivity contribution >= 4 is 16.8 Å². The Morgan fingerprint density at radius 1 is 1.58 bits per heavy atom. The molecule has 12 heavy (non-hydrogen) atoms. The van der Waals surface area contributed by atoms with Crippen LogP contribution in [0, 0.1) is 19.3 Å². The van der Waals surface area contributed by atoms with Crippen molar-refractivity contribution in [3.05, 3.63) is 23.0 Å². The molecular formula is C8H9ClN2O. The summed E-state index contributed by atoms with van der Waals surface area (Å²) < 4.78 is 0. The zero-order chi connectivity index (χ0) is 9.30. The van der Waals surface area contributed by atoms with Crippen molar-refractivity contribution in [3.8, 4) is 5.75 Å². The normalized spacial score (nSPS) is 9.92. The van der Waals surface area contributed by atoms with Crippen LogP contribution >= 0.6 is 11.6 Å². The Kier molecular flexibility index (Phi) is 2.33. The second kappa shape index (κ2) is 3.11. The van der Waals surface area contributed by atoms with E-state index in [2.05, 4.69) is 4.98 Å². The molecule has 3 nitrogen and oxygen atoms in total. The van der Waals surface area contributed by atoms with Gasteiger partial charge in [0.2, 0.25) is 0 Å². The van der Waals surface area contributed by atoms with Gasteiger partial charge in [0.05, 0.1) is 6.20 Å². The molecule has 0 aromatic carbocycles. The van der Waals surface area contributed by atoms with E-state index in [9.17, 15) is 5.11 Å². The summed E-state index contributed by atoms with van der Waals surface area (Å²) in [6.45, 7) is 3.45. The molecule has 0 atom stereocenters. The largest absolute Gasteiger partial charge is 0.506 e. The Morgan fingerprint density at radius 2 is 2.17 bits per heavy atom. The predicted molar refractivity (Wildman–Crippen MR) is 48.1 cm³/mol. The van der Waals surface area contributed by atoms with E-state index >= 15 is 0 Å². The van der Waals surface area contributed by atoms with Crippen molar-refractivity contribution in [3.63, 3.8) is 0 Å². The van der Waals surface area contributed by atoms with Gasteiger partial charge in [-0.2, -0.15) is 0 Å². The number of hydrogen-bond donors (Lipinski definition) is 2. The van der Waals surface area contributed by atoms with Crippen LogP contribution in [0.4, 0.5) is 0 Å². The Balaban J connectivity index is 3.43. The molecule has 0 aliphatic heterocycles. The van der Waals surface area contributed by atoms with Gasteiger partial charge in [-0.15, -0.1) is 0 Å². The second-order valence-corrected chi connectivity index (χ2v) is 2.92. The number of pyridine rings is 1. The SMILES string of the molecule is Cc1ncc(O)c(C)c1C(=N)Cl. The molecule has 0 unspecified atom stereocenters. The summed E-state index contributed by atoms with van der Waals surface area (Å²) in [7, 11) is 0. The van der Waals surface area contributed by atoms with Crippen molar-refractivity contribution < 1.29 is 5.11 Å². The van der Waals surface area contributed by atoms with Gasteiger partial charge < -0.3 is 5.11 Å². The van der Waals surface area contributed by atoms with E-state index in [0.29, 0.717) is 16.8 Å². The fourth-order valence-corrected chi connectivity index (χ4v) is 1.32.